The first-order valence-electron chi connectivity index (χ1n) is 9.20. The van der Waals surface area contributed by atoms with Crippen LogP contribution in [0.5, 0.6) is 0 Å². The Kier molecular flexibility index (Phi) is 6.91. The Morgan fingerprint density at radius 2 is 1.41 bits per heavy atom. The fourth-order valence-corrected chi connectivity index (χ4v) is 4.25. The molecule has 1 aliphatic heterocycles. The van der Waals surface area contributed by atoms with Crippen molar-refractivity contribution in [2.75, 3.05) is 41.3 Å². The summed E-state index contributed by atoms with van der Waals surface area (Å²) in [4.78, 5) is 2.29. The fourth-order valence-electron chi connectivity index (χ4n) is 4.25. The van der Waals surface area contributed by atoms with Gasteiger partial charge in [0.1, 0.15) is 0 Å². The SMILES string of the molecule is CN(C)CCCCCC[N+](C)(C)C1CC(C)(C)NC(C)(C)C1. The summed E-state index contributed by atoms with van der Waals surface area (Å²) in [6, 6.07) is 0.771. The van der Waals surface area contributed by atoms with E-state index in [1.165, 1.54) is 56.1 Å². The van der Waals surface area contributed by atoms with Crippen LogP contribution >= 0.6 is 0 Å². The third-order valence-corrected chi connectivity index (χ3v) is 5.25. The highest BCUT2D eigenvalue weighted by Crippen LogP contribution is 2.33. The summed E-state index contributed by atoms with van der Waals surface area (Å²) in [5, 5.41) is 3.81. The highest BCUT2D eigenvalue weighted by Gasteiger charge is 2.44. The van der Waals surface area contributed by atoms with Gasteiger partial charge in [0, 0.05) is 23.9 Å². The maximum Gasteiger partial charge on any atom is 0.0921 e. The van der Waals surface area contributed by atoms with Gasteiger partial charge in [-0.2, -0.15) is 0 Å². The van der Waals surface area contributed by atoms with Crippen molar-refractivity contribution in [2.45, 2.75) is 83.3 Å². The second-order valence-corrected chi connectivity index (χ2v) is 9.67. The van der Waals surface area contributed by atoms with E-state index in [1.54, 1.807) is 0 Å². The summed E-state index contributed by atoms with van der Waals surface area (Å²) in [7, 11) is 9.23. The lowest BCUT2D eigenvalue weighted by atomic mass is 9.78. The lowest BCUT2D eigenvalue weighted by molar-refractivity contribution is -0.917. The van der Waals surface area contributed by atoms with Crippen molar-refractivity contribution in [2.24, 2.45) is 0 Å². The van der Waals surface area contributed by atoms with Gasteiger partial charge in [0.15, 0.2) is 0 Å². The molecule has 0 spiro atoms. The van der Waals surface area contributed by atoms with Crippen LogP contribution in [-0.4, -0.2) is 67.8 Å². The standard InChI is InChI=1S/C19H42N3/c1-18(2)15-17(16-19(3,4)20-18)22(7,8)14-12-10-9-11-13-21(5)6/h17,20H,9-16H2,1-8H3/q+1. The zero-order chi connectivity index (χ0) is 17.0. The molecule has 1 aliphatic rings. The first kappa shape index (κ1) is 19.9. The van der Waals surface area contributed by atoms with Crippen LogP contribution in [0.15, 0.2) is 0 Å². The number of nitrogens with zero attached hydrogens (tertiary/aromatic N) is 2. The first-order valence-corrected chi connectivity index (χ1v) is 9.20. The molecule has 1 fully saturated rings. The fraction of sp³-hybridized carbons (Fsp3) is 1.00. The minimum Gasteiger partial charge on any atom is -0.326 e. The maximum absolute atomic E-state index is 3.81. The van der Waals surface area contributed by atoms with Crippen LogP contribution in [0.4, 0.5) is 0 Å². The molecule has 132 valence electrons. The number of rotatable bonds is 8. The Balaban J connectivity index is 2.41. The largest absolute Gasteiger partial charge is 0.326 e. The second kappa shape index (κ2) is 7.63. The van der Waals surface area contributed by atoms with Crippen LogP contribution in [0.3, 0.4) is 0 Å². The van der Waals surface area contributed by atoms with E-state index in [4.69, 9.17) is 0 Å². The van der Waals surface area contributed by atoms with Gasteiger partial charge in [-0.05, 0) is 67.6 Å². The van der Waals surface area contributed by atoms with Gasteiger partial charge in [-0.1, -0.05) is 6.42 Å². The number of hydrogen-bond acceptors (Lipinski definition) is 2. The van der Waals surface area contributed by atoms with Crippen LogP contribution in [0.1, 0.15) is 66.2 Å². The summed E-state index contributed by atoms with van der Waals surface area (Å²) in [6.45, 7) is 12.0. The van der Waals surface area contributed by atoms with E-state index in [0.29, 0.717) is 0 Å². The van der Waals surface area contributed by atoms with E-state index in [1.807, 2.05) is 0 Å². The molecule has 0 amide bonds. The minimum absolute atomic E-state index is 0.258. The second-order valence-electron chi connectivity index (χ2n) is 9.67. The van der Waals surface area contributed by atoms with Gasteiger partial charge < -0.3 is 14.7 Å². The van der Waals surface area contributed by atoms with Gasteiger partial charge in [0.05, 0.1) is 26.7 Å². The molecule has 1 rings (SSSR count). The third-order valence-electron chi connectivity index (χ3n) is 5.25. The van der Waals surface area contributed by atoms with Crippen LogP contribution < -0.4 is 5.32 Å². The molecule has 1 heterocycles. The Bertz CT molecular complexity index is 316. The Morgan fingerprint density at radius 1 is 0.909 bits per heavy atom. The van der Waals surface area contributed by atoms with E-state index in [0.717, 1.165) is 6.04 Å². The maximum atomic E-state index is 3.81. The highest BCUT2D eigenvalue weighted by molar-refractivity contribution is 4.97. The molecule has 0 aromatic carbocycles. The van der Waals surface area contributed by atoms with Crippen molar-refractivity contribution in [1.82, 2.24) is 10.2 Å². The van der Waals surface area contributed by atoms with Gasteiger partial charge in [-0.25, -0.2) is 0 Å². The van der Waals surface area contributed by atoms with Crippen molar-refractivity contribution < 1.29 is 4.48 Å². The van der Waals surface area contributed by atoms with Gasteiger partial charge in [-0.15, -0.1) is 0 Å². The summed E-state index contributed by atoms with van der Waals surface area (Å²) in [6.07, 6.45) is 8.03. The summed E-state index contributed by atoms with van der Waals surface area (Å²) in [5.41, 5.74) is 0.515. The van der Waals surface area contributed by atoms with Crippen molar-refractivity contribution in [1.29, 1.82) is 0 Å². The molecule has 0 unspecified atom stereocenters. The van der Waals surface area contributed by atoms with Crippen molar-refractivity contribution in [3.63, 3.8) is 0 Å². The van der Waals surface area contributed by atoms with Crippen LogP contribution in [-0.2, 0) is 0 Å². The lowest BCUT2D eigenvalue weighted by Gasteiger charge is -2.51. The molecular formula is C19H42N3+. The topological polar surface area (TPSA) is 15.3 Å². The quantitative estimate of drug-likeness (QED) is 0.545. The van der Waals surface area contributed by atoms with Crippen molar-refractivity contribution in [3.05, 3.63) is 0 Å². The monoisotopic (exact) mass is 312 g/mol. The number of hydrogen-bond donors (Lipinski definition) is 1. The average molecular weight is 313 g/mol. The van der Waals surface area contributed by atoms with Crippen LogP contribution in [0, 0.1) is 0 Å². The normalized spacial score (nSPS) is 22.2. The Hall–Kier alpha value is -0.120. The first-order chi connectivity index (χ1) is 9.94. The van der Waals surface area contributed by atoms with Gasteiger partial charge in [0.25, 0.3) is 0 Å². The van der Waals surface area contributed by atoms with E-state index in [-0.39, 0.29) is 11.1 Å². The predicted molar refractivity (Wildman–Crippen MR) is 98.3 cm³/mol. The molecule has 0 saturated carbocycles. The summed E-state index contributed by atoms with van der Waals surface area (Å²) < 4.78 is 1.18. The summed E-state index contributed by atoms with van der Waals surface area (Å²) >= 11 is 0. The number of unbranched alkanes of at least 4 members (excludes halogenated alkanes) is 3. The Morgan fingerprint density at radius 3 is 1.91 bits per heavy atom. The number of quaternary nitrogens is 1. The predicted octanol–water partition coefficient (Wildman–Crippen LogP) is 3.49. The molecule has 0 aromatic rings. The van der Waals surface area contributed by atoms with Gasteiger partial charge >= 0.3 is 0 Å². The van der Waals surface area contributed by atoms with Crippen molar-refractivity contribution >= 4 is 0 Å². The smallest absolute Gasteiger partial charge is 0.0921 e. The molecule has 0 aliphatic carbocycles. The number of piperidine rings is 1. The molecule has 3 nitrogen and oxygen atoms in total. The molecule has 22 heavy (non-hydrogen) atoms. The zero-order valence-electron chi connectivity index (χ0n) is 16.6. The van der Waals surface area contributed by atoms with Gasteiger partial charge in [0.2, 0.25) is 0 Å². The van der Waals surface area contributed by atoms with E-state index in [2.05, 4.69) is 66.1 Å². The van der Waals surface area contributed by atoms with Crippen molar-refractivity contribution in [3.8, 4) is 0 Å². The van der Waals surface area contributed by atoms with E-state index >= 15 is 0 Å². The lowest BCUT2D eigenvalue weighted by Crippen LogP contribution is -2.65. The summed E-state index contributed by atoms with van der Waals surface area (Å²) in [5.74, 6) is 0. The van der Waals surface area contributed by atoms with Gasteiger partial charge in [-0.3, -0.25) is 0 Å². The van der Waals surface area contributed by atoms with Crippen LogP contribution in [0.25, 0.3) is 0 Å². The molecule has 3 heteroatoms. The molecule has 0 radical (unpaired) electrons. The van der Waals surface area contributed by atoms with E-state index in [9.17, 15) is 0 Å². The molecule has 1 saturated heterocycles. The third kappa shape index (κ3) is 6.97. The molecule has 0 bridgehead atoms. The molecule has 0 aromatic heterocycles. The molecule has 1 N–H and O–H groups in total. The number of nitrogens with one attached hydrogen (secondary N) is 1. The van der Waals surface area contributed by atoms with Crippen LogP contribution in [0.2, 0.25) is 0 Å². The average Bonchev–Trinajstić information content (AvgIpc) is 2.29. The zero-order valence-corrected chi connectivity index (χ0v) is 16.6. The van der Waals surface area contributed by atoms with E-state index < -0.39 is 0 Å². The molecular weight excluding hydrogens is 270 g/mol. The minimum atomic E-state index is 0.258. The highest BCUT2D eigenvalue weighted by atomic mass is 15.3. The Labute approximate surface area is 140 Å². The molecule has 0 atom stereocenters.